The number of nitro benzene ring substituents is 1. The van der Waals surface area contributed by atoms with Crippen LogP contribution < -0.4 is 0 Å². The summed E-state index contributed by atoms with van der Waals surface area (Å²) in [4.78, 5) is 23.6. The quantitative estimate of drug-likeness (QED) is 0.610. The molecule has 0 saturated carbocycles. The summed E-state index contributed by atoms with van der Waals surface area (Å²) in [5.41, 5.74) is 0.175. The summed E-state index contributed by atoms with van der Waals surface area (Å²) in [6.07, 6.45) is 1.90. The highest BCUT2D eigenvalue weighted by molar-refractivity contribution is 6.34. The molecule has 5 nitrogen and oxygen atoms in total. The summed E-state index contributed by atoms with van der Waals surface area (Å²) in [7, 11) is 1.69. The molecule has 1 amide bonds. The first-order chi connectivity index (χ1) is 8.47. The number of carbonyl (C=O) groups is 1. The number of nitro groups is 1. The van der Waals surface area contributed by atoms with Crippen LogP contribution in [0.15, 0.2) is 18.2 Å². The Labute approximate surface area is 110 Å². The molecule has 6 heteroatoms. The second-order valence-corrected chi connectivity index (χ2v) is 4.41. The molecule has 0 bridgehead atoms. The molecule has 0 radical (unpaired) electrons. The molecule has 1 rings (SSSR count). The Kier molecular flexibility index (Phi) is 5.09. The fourth-order valence-corrected chi connectivity index (χ4v) is 1.75. The van der Waals surface area contributed by atoms with Crippen LogP contribution >= 0.6 is 11.6 Å². The molecule has 1 aromatic rings. The highest BCUT2D eigenvalue weighted by atomic mass is 35.5. The first-order valence-electron chi connectivity index (χ1n) is 5.66. The van der Waals surface area contributed by atoms with Gasteiger partial charge in [0.05, 0.1) is 15.5 Å². The monoisotopic (exact) mass is 270 g/mol. The second kappa shape index (κ2) is 6.35. The summed E-state index contributed by atoms with van der Waals surface area (Å²) < 4.78 is 0. The maximum atomic E-state index is 12.0. The zero-order valence-electron chi connectivity index (χ0n) is 10.4. The number of rotatable bonds is 5. The molecule has 0 aliphatic rings. The van der Waals surface area contributed by atoms with Gasteiger partial charge in [-0.25, -0.2) is 0 Å². The molecule has 0 aromatic heterocycles. The second-order valence-electron chi connectivity index (χ2n) is 4.00. The van der Waals surface area contributed by atoms with E-state index in [4.69, 9.17) is 11.6 Å². The van der Waals surface area contributed by atoms with Crippen LogP contribution in [0, 0.1) is 10.1 Å². The first kappa shape index (κ1) is 14.4. The Hall–Kier alpha value is -1.62. The fourth-order valence-electron chi connectivity index (χ4n) is 1.49. The fraction of sp³-hybridized carbons (Fsp3) is 0.417. The van der Waals surface area contributed by atoms with E-state index in [1.807, 2.05) is 6.92 Å². The van der Waals surface area contributed by atoms with E-state index in [1.165, 1.54) is 18.2 Å². The molecule has 0 heterocycles. The number of nitrogens with zero attached hydrogens (tertiary/aromatic N) is 2. The lowest BCUT2D eigenvalue weighted by atomic mass is 10.1. The molecule has 0 spiro atoms. The van der Waals surface area contributed by atoms with Gasteiger partial charge in [0.25, 0.3) is 11.6 Å². The van der Waals surface area contributed by atoms with Crippen molar-refractivity contribution in [1.82, 2.24) is 4.90 Å². The van der Waals surface area contributed by atoms with E-state index in [9.17, 15) is 14.9 Å². The molecule has 0 fully saturated rings. The number of carbonyl (C=O) groups excluding carboxylic acids is 1. The third-order valence-corrected chi connectivity index (χ3v) is 2.90. The number of halogens is 1. The van der Waals surface area contributed by atoms with Crippen LogP contribution in [0.3, 0.4) is 0 Å². The number of hydrogen-bond acceptors (Lipinski definition) is 3. The maximum absolute atomic E-state index is 12.0. The van der Waals surface area contributed by atoms with Crippen molar-refractivity contribution in [2.75, 3.05) is 13.6 Å². The number of amides is 1. The molecule has 0 unspecified atom stereocenters. The molecule has 98 valence electrons. The lowest BCUT2D eigenvalue weighted by molar-refractivity contribution is -0.384. The van der Waals surface area contributed by atoms with Gasteiger partial charge < -0.3 is 4.90 Å². The molecule has 0 aliphatic carbocycles. The smallest absolute Gasteiger partial charge is 0.270 e. The average Bonchev–Trinajstić information content (AvgIpc) is 2.34. The van der Waals surface area contributed by atoms with E-state index >= 15 is 0 Å². The Bertz CT molecular complexity index is 463. The van der Waals surface area contributed by atoms with Crippen LogP contribution in [0.1, 0.15) is 30.1 Å². The van der Waals surface area contributed by atoms with Gasteiger partial charge in [0.2, 0.25) is 0 Å². The lowest BCUT2D eigenvalue weighted by Crippen LogP contribution is -2.27. The van der Waals surface area contributed by atoms with Gasteiger partial charge in [-0.2, -0.15) is 0 Å². The van der Waals surface area contributed by atoms with E-state index in [1.54, 1.807) is 11.9 Å². The van der Waals surface area contributed by atoms with E-state index in [-0.39, 0.29) is 16.6 Å². The normalized spacial score (nSPS) is 10.2. The summed E-state index contributed by atoms with van der Waals surface area (Å²) in [5.74, 6) is -0.219. The molecule has 0 atom stereocenters. The third-order valence-electron chi connectivity index (χ3n) is 2.59. The van der Waals surface area contributed by atoms with Crippen molar-refractivity contribution in [2.24, 2.45) is 0 Å². The van der Waals surface area contributed by atoms with Gasteiger partial charge in [-0.1, -0.05) is 24.9 Å². The molecule has 0 N–H and O–H groups in total. The summed E-state index contributed by atoms with van der Waals surface area (Å²) in [6.45, 7) is 2.68. The first-order valence-corrected chi connectivity index (χ1v) is 6.04. The number of benzene rings is 1. The lowest BCUT2D eigenvalue weighted by Gasteiger charge is -2.17. The largest absolute Gasteiger partial charge is 0.342 e. The Balaban J connectivity index is 2.89. The molecular weight excluding hydrogens is 256 g/mol. The Morgan fingerprint density at radius 1 is 1.50 bits per heavy atom. The molecule has 0 saturated heterocycles. The average molecular weight is 271 g/mol. The van der Waals surface area contributed by atoms with Crippen molar-refractivity contribution in [3.63, 3.8) is 0 Å². The highest BCUT2D eigenvalue weighted by Crippen LogP contribution is 2.23. The molecule has 1 aromatic carbocycles. The van der Waals surface area contributed by atoms with Crippen LogP contribution in [-0.2, 0) is 0 Å². The number of hydrogen-bond donors (Lipinski definition) is 0. The van der Waals surface area contributed by atoms with Gasteiger partial charge in [-0.05, 0) is 12.5 Å². The van der Waals surface area contributed by atoms with Gasteiger partial charge in [0, 0.05) is 25.7 Å². The van der Waals surface area contributed by atoms with Crippen LogP contribution in [0.2, 0.25) is 5.02 Å². The SMILES string of the molecule is CCCCN(C)C(=O)c1ccc([N+](=O)[O-])cc1Cl. The van der Waals surface area contributed by atoms with Crippen LogP contribution in [-0.4, -0.2) is 29.3 Å². The topological polar surface area (TPSA) is 63.5 Å². The van der Waals surface area contributed by atoms with Crippen LogP contribution in [0.5, 0.6) is 0 Å². The number of non-ortho nitro benzene ring substituents is 1. The minimum Gasteiger partial charge on any atom is -0.342 e. The van der Waals surface area contributed by atoms with Crippen LogP contribution in [0.4, 0.5) is 5.69 Å². The third kappa shape index (κ3) is 3.43. The van der Waals surface area contributed by atoms with Gasteiger partial charge in [-0.15, -0.1) is 0 Å². The summed E-state index contributed by atoms with van der Waals surface area (Å²) in [5, 5.41) is 10.7. The van der Waals surface area contributed by atoms with Gasteiger partial charge in [0.15, 0.2) is 0 Å². The molecule has 18 heavy (non-hydrogen) atoms. The predicted octanol–water partition coefficient (Wildman–Crippen LogP) is 3.12. The highest BCUT2D eigenvalue weighted by Gasteiger charge is 2.17. The van der Waals surface area contributed by atoms with E-state index in [2.05, 4.69) is 0 Å². The van der Waals surface area contributed by atoms with Crippen molar-refractivity contribution in [2.45, 2.75) is 19.8 Å². The molecule has 0 aliphatic heterocycles. The standard InChI is InChI=1S/C12H15ClN2O3/c1-3-4-7-14(2)12(16)10-6-5-9(15(17)18)8-11(10)13/h5-6,8H,3-4,7H2,1-2H3. The minimum atomic E-state index is -0.541. The van der Waals surface area contributed by atoms with Crippen molar-refractivity contribution >= 4 is 23.2 Å². The van der Waals surface area contributed by atoms with Crippen molar-refractivity contribution in [3.05, 3.63) is 38.9 Å². The van der Waals surface area contributed by atoms with Crippen LogP contribution in [0.25, 0.3) is 0 Å². The summed E-state index contributed by atoms with van der Waals surface area (Å²) in [6, 6.07) is 3.88. The van der Waals surface area contributed by atoms with Gasteiger partial charge in [0.1, 0.15) is 0 Å². The molecular formula is C12H15ClN2O3. The van der Waals surface area contributed by atoms with E-state index in [0.717, 1.165) is 12.8 Å². The Morgan fingerprint density at radius 3 is 2.67 bits per heavy atom. The maximum Gasteiger partial charge on any atom is 0.270 e. The Morgan fingerprint density at radius 2 is 2.17 bits per heavy atom. The van der Waals surface area contributed by atoms with Gasteiger partial charge >= 0.3 is 0 Å². The zero-order valence-corrected chi connectivity index (χ0v) is 11.1. The van der Waals surface area contributed by atoms with E-state index < -0.39 is 4.92 Å². The van der Waals surface area contributed by atoms with Crippen molar-refractivity contribution < 1.29 is 9.72 Å². The van der Waals surface area contributed by atoms with Crippen molar-refractivity contribution in [3.8, 4) is 0 Å². The summed E-state index contributed by atoms with van der Waals surface area (Å²) >= 11 is 5.89. The minimum absolute atomic E-state index is 0.109. The zero-order chi connectivity index (χ0) is 13.7. The predicted molar refractivity (Wildman–Crippen MR) is 70.0 cm³/mol. The van der Waals surface area contributed by atoms with Gasteiger partial charge in [-0.3, -0.25) is 14.9 Å². The number of unbranched alkanes of at least 4 members (excludes halogenated alkanes) is 1. The van der Waals surface area contributed by atoms with E-state index in [0.29, 0.717) is 12.1 Å². The van der Waals surface area contributed by atoms with Crippen molar-refractivity contribution in [1.29, 1.82) is 0 Å².